The van der Waals surface area contributed by atoms with E-state index in [1.165, 1.54) is 0 Å². The molecule has 1 aromatic carbocycles. The second kappa shape index (κ2) is 8.07. The van der Waals surface area contributed by atoms with Crippen LogP contribution in [-0.2, 0) is 14.4 Å². The van der Waals surface area contributed by atoms with Gasteiger partial charge in [-0.15, -0.1) is 0 Å². The third-order valence-corrected chi connectivity index (χ3v) is 4.26. The summed E-state index contributed by atoms with van der Waals surface area (Å²) in [6.45, 7) is 2.87. The van der Waals surface area contributed by atoms with E-state index in [9.17, 15) is 14.4 Å². The first-order chi connectivity index (χ1) is 11.0. The Labute approximate surface area is 142 Å². The molecule has 0 aliphatic carbocycles. The number of piperazine rings is 1. The average molecular weight is 383 g/mol. The molecule has 1 aliphatic rings. The van der Waals surface area contributed by atoms with Gasteiger partial charge in [-0.3, -0.25) is 19.3 Å². The molecule has 1 heterocycles. The van der Waals surface area contributed by atoms with Crippen LogP contribution in [0, 0.1) is 0 Å². The van der Waals surface area contributed by atoms with Gasteiger partial charge >= 0.3 is 0 Å². The molecule has 0 radical (unpaired) electrons. The van der Waals surface area contributed by atoms with Crippen molar-refractivity contribution >= 4 is 39.3 Å². The summed E-state index contributed by atoms with van der Waals surface area (Å²) in [6.07, 6.45) is 0. The molecule has 1 aromatic rings. The first-order valence-corrected chi connectivity index (χ1v) is 8.09. The lowest BCUT2D eigenvalue weighted by atomic mass is 10.2. The molecule has 1 aliphatic heterocycles. The van der Waals surface area contributed by atoms with Crippen molar-refractivity contribution in [3.8, 4) is 0 Å². The summed E-state index contributed by atoms with van der Waals surface area (Å²) in [6, 6.07) is 6.89. The largest absolute Gasteiger partial charge is 0.353 e. The molecule has 0 bridgehead atoms. The smallest absolute Gasteiger partial charge is 0.243 e. The molecule has 23 heavy (non-hydrogen) atoms. The highest BCUT2D eigenvalue weighted by Crippen LogP contribution is 2.20. The summed E-state index contributed by atoms with van der Waals surface area (Å²) < 4.78 is 0.771. The van der Waals surface area contributed by atoms with Crippen LogP contribution in [0.2, 0.25) is 0 Å². The summed E-state index contributed by atoms with van der Waals surface area (Å²) in [4.78, 5) is 37.1. The number of carbonyl (C=O) groups excluding carboxylic acids is 3. The lowest BCUT2D eigenvalue weighted by Crippen LogP contribution is -2.56. The highest BCUT2D eigenvalue weighted by molar-refractivity contribution is 9.10. The minimum absolute atomic E-state index is 0.0873. The predicted molar refractivity (Wildman–Crippen MR) is 89.8 cm³/mol. The lowest BCUT2D eigenvalue weighted by Gasteiger charge is -2.31. The topological polar surface area (TPSA) is 90.5 Å². The van der Waals surface area contributed by atoms with Gasteiger partial charge in [0, 0.05) is 17.6 Å². The van der Waals surface area contributed by atoms with Gasteiger partial charge in [0.1, 0.15) is 0 Å². The fourth-order valence-electron chi connectivity index (χ4n) is 2.22. The molecule has 1 saturated heterocycles. The van der Waals surface area contributed by atoms with Crippen LogP contribution in [0.3, 0.4) is 0 Å². The number of hydrogen-bond donors (Lipinski definition) is 3. The molecule has 8 heteroatoms. The normalized spacial score (nSPS) is 18.2. The van der Waals surface area contributed by atoms with Crippen molar-refractivity contribution in [2.75, 3.05) is 31.5 Å². The fraction of sp³-hybridized carbons (Fsp3) is 0.400. The maximum atomic E-state index is 11.9. The highest BCUT2D eigenvalue weighted by atomic mass is 79.9. The molecular weight excluding hydrogens is 364 g/mol. The number of hydrogen-bond acceptors (Lipinski definition) is 4. The molecule has 3 N–H and O–H groups in total. The Morgan fingerprint density at radius 3 is 2.83 bits per heavy atom. The van der Waals surface area contributed by atoms with Gasteiger partial charge in [-0.25, -0.2) is 0 Å². The van der Waals surface area contributed by atoms with E-state index < -0.39 is 0 Å². The number of amides is 3. The SMILES string of the molecule is C[C@H]1C(=O)NCCN1CC(=O)NCC(=O)Nc1ccccc1Br. The summed E-state index contributed by atoms with van der Waals surface area (Å²) in [5.41, 5.74) is 0.646. The van der Waals surface area contributed by atoms with E-state index in [1.807, 2.05) is 18.2 Å². The minimum atomic E-state index is -0.344. The summed E-state index contributed by atoms with van der Waals surface area (Å²) in [5, 5.41) is 8.01. The van der Waals surface area contributed by atoms with Crippen LogP contribution in [0.5, 0.6) is 0 Å². The molecule has 7 nitrogen and oxygen atoms in total. The Morgan fingerprint density at radius 2 is 2.09 bits per heavy atom. The Hall–Kier alpha value is -1.93. The van der Waals surface area contributed by atoms with Crippen LogP contribution in [0.15, 0.2) is 28.7 Å². The molecule has 3 amide bonds. The van der Waals surface area contributed by atoms with Crippen molar-refractivity contribution in [1.29, 1.82) is 0 Å². The van der Waals surface area contributed by atoms with Crippen molar-refractivity contribution in [2.45, 2.75) is 13.0 Å². The Kier molecular flexibility index (Phi) is 6.12. The zero-order valence-electron chi connectivity index (χ0n) is 12.8. The molecule has 124 valence electrons. The number of halogens is 1. The first kappa shape index (κ1) is 17.4. The number of benzene rings is 1. The van der Waals surface area contributed by atoms with E-state index in [2.05, 4.69) is 31.9 Å². The van der Waals surface area contributed by atoms with Crippen LogP contribution in [-0.4, -0.2) is 54.8 Å². The van der Waals surface area contributed by atoms with E-state index in [-0.39, 0.29) is 36.9 Å². The van der Waals surface area contributed by atoms with Gasteiger partial charge in [-0.2, -0.15) is 0 Å². The van der Waals surface area contributed by atoms with Gasteiger partial charge in [0.25, 0.3) is 0 Å². The van der Waals surface area contributed by atoms with Gasteiger partial charge in [-0.1, -0.05) is 12.1 Å². The average Bonchev–Trinajstić information content (AvgIpc) is 2.52. The van der Waals surface area contributed by atoms with Crippen LogP contribution in [0.25, 0.3) is 0 Å². The number of rotatable bonds is 5. The molecule has 0 saturated carbocycles. The first-order valence-electron chi connectivity index (χ1n) is 7.30. The van der Waals surface area contributed by atoms with E-state index in [4.69, 9.17) is 0 Å². The molecule has 0 aromatic heterocycles. The van der Waals surface area contributed by atoms with Crippen molar-refractivity contribution in [3.05, 3.63) is 28.7 Å². The standard InChI is InChI=1S/C15H19BrN4O3/c1-10-15(23)17-6-7-20(10)9-14(22)18-8-13(21)19-12-5-3-2-4-11(12)16/h2-5,10H,6-9H2,1H3,(H,17,23)(H,18,22)(H,19,21)/t10-/m0/s1. The number of anilines is 1. The van der Waals surface area contributed by atoms with E-state index in [0.29, 0.717) is 18.8 Å². The van der Waals surface area contributed by atoms with Gasteiger partial charge in [0.2, 0.25) is 17.7 Å². The monoisotopic (exact) mass is 382 g/mol. The number of nitrogens with one attached hydrogen (secondary N) is 3. The van der Waals surface area contributed by atoms with Gasteiger partial charge < -0.3 is 16.0 Å². The minimum Gasteiger partial charge on any atom is -0.353 e. The third kappa shape index (κ3) is 5.04. The third-order valence-electron chi connectivity index (χ3n) is 3.57. The predicted octanol–water partition coefficient (Wildman–Crippen LogP) is 0.324. The Morgan fingerprint density at radius 1 is 1.35 bits per heavy atom. The van der Waals surface area contributed by atoms with Gasteiger partial charge in [0.15, 0.2) is 0 Å². The van der Waals surface area contributed by atoms with Crippen LogP contribution < -0.4 is 16.0 Å². The van der Waals surface area contributed by atoms with Crippen LogP contribution in [0.1, 0.15) is 6.92 Å². The fourth-order valence-corrected chi connectivity index (χ4v) is 2.61. The molecule has 0 unspecified atom stereocenters. The number of para-hydroxylation sites is 1. The van der Waals surface area contributed by atoms with E-state index in [0.717, 1.165) is 4.47 Å². The Bertz CT molecular complexity index is 608. The second-order valence-corrected chi connectivity index (χ2v) is 6.10. The van der Waals surface area contributed by atoms with E-state index in [1.54, 1.807) is 17.9 Å². The van der Waals surface area contributed by atoms with Crippen molar-refractivity contribution in [1.82, 2.24) is 15.5 Å². The number of nitrogens with zero attached hydrogens (tertiary/aromatic N) is 1. The zero-order chi connectivity index (χ0) is 16.8. The molecule has 1 fully saturated rings. The van der Waals surface area contributed by atoms with Gasteiger partial charge in [-0.05, 0) is 35.0 Å². The maximum absolute atomic E-state index is 11.9. The van der Waals surface area contributed by atoms with Crippen LogP contribution in [0.4, 0.5) is 5.69 Å². The summed E-state index contributed by atoms with van der Waals surface area (Å²) in [5.74, 6) is -0.681. The zero-order valence-corrected chi connectivity index (χ0v) is 14.4. The molecule has 0 spiro atoms. The molecule has 2 rings (SSSR count). The van der Waals surface area contributed by atoms with Crippen molar-refractivity contribution in [2.24, 2.45) is 0 Å². The Balaban J connectivity index is 1.77. The quantitative estimate of drug-likeness (QED) is 0.684. The molecule has 1 atom stereocenters. The van der Waals surface area contributed by atoms with Gasteiger partial charge in [0.05, 0.1) is 24.8 Å². The van der Waals surface area contributed by atoms with Crippen molar-refractivity contribution < 1.29 is 14.4 Å². The second-order valence-electron chi connectivity index (χ2n) is 5.24. The molecular formula is C15H19BrN4O3. The summed E-state index contributed by atoms with van der Waals surface area (Å²) >= 11 is 3.34. The van der Waals surface area contributed by atoms with Crippen LogP contribution >= 0.6 is 15.9 Å². The van der Waals surface area contributed by atoms with Crippen molar-refractivity contribution in [3.63, 3.8) is 0 Å². The lowest BCUT2D eigenvalue weighted by molar-refractivity contribution is -0.131. The number of carbonyl (C=O) groups is 3. The highest BCUT2D eigenvalue weighted by Gasteiger charge is 2.26. The maximum Gasteiger partial charge on any atom is 0.243 e. The summed E-state index contributed by atoms with van der Waals surface area (Å²) in [7, 11) is 0. The van der Waals surface area contributed by atoms with E-state index >= 15 is 0 Å².